The number of benzene rings is 1. The van der Waals surface area contributed by atoms with Gasteiger partial charge in [0.2, 0.25) is 0 Å². The minimum absolute atomic E-state index is 0.156. The molecule has 0 radical (unpaired) electrons. The average molecular weight is 270 g/mol. The Morgan fingerprint density at radius 2 is 2.00 bits per heavy atom. The second-order valence-electron chi connectivity index (χ2n) is 3.85. The highest BCUT2D eigenvalue weighted by molar-refractivity contribution is 5.98. The van der Waals surface area contributed by atoms with Gasteiger partial charge >= 0.3 is 5.97 Å². The van der Waals surface area contributed by atoms with Crippen LogP contribution in [0.25, 0.3) is 6.08 Å². The number of nitrogens with zero attached hydrogens (tertiary/aromatic N) is 2. The van der Waals surface area contributed by atoms with Gasteiger partial charge < -0.3 is 9.47 Å². The smallest absolute Gasteiger partial charge is 0.350 e. The van der Waals surface area contributed by atoms with E-state index in [1.165, 1.54) is 13.0 Å². The molecular formula is C15H14N2O3. The summed E-state index contributed by atoms with van der Waals surface area (Å²) in [6, 6.07) is 10.5. The maximum atomic E-state index is 11.6. The van der Waals surface area contributed by atoms with E-state index in [-0.39, 0.29) is 5.57 Å². The summed E-state index contributed by atoms with van der Waals surface area (Å²) in [6.45, 7) is 3.88. The summed E-state index contributed by atoms with van der Waals surface area (Å²) >= 11 is 0. The van der Waals surface area contributed by atoms with E-state index >= 15 is 0 Å². The molecule has 0 aromatic heterocycles. The predicted molar refractivity (Wildman–Crippen MR) is 72.4 cm³/mol. The third-order valence-corrected chi connectivity index (χ3v) is 2.31. The molecule has 0 amide bonds. The van der Waals surface area contributed by atoms with Crippen molar-refractivity contribution in [2.45, 2.75) is 20.0 Å². The minimum Gasteiger partial charge on any atom is -0.494 e. The van der Waals surface area contributed by atoms with Crippen molar-refractivity contribution in [3.63, 3.8) is 0 Å². The first kappa shape index (κ1) is 15.3. The van der Waals surface area contributed by atoms with Gasteiger partial charge in [-0.15, -0.1) is 0 Å². The van der Waals surface area contributed by atoms with Gasteiger partial charge in [-0.05, 0) is 37.6 Å². The van der Waals surface area contributed by atoms with E-state index in [2.05, 4.69) is 0 Å². The van der Waals surface area contributed by atoms with Gasteiger partial charge in [-0.1, -0.05) is 12.1 Å². The molecule has 0 fully saturated rings. The first-order valence-electron chi connectivity index (χ1n) is 6.06. The van der Waals surface area contributed by atoms with Gasteiger partial charge in [0.25, 0.3) is 0 Å². The largest absolute Gasteiger partial charge is 0.494 e. The maximum absolute atomic E-state index is 11.6. The molecule has 102 valence electrons. The zero-order chi connectivity index (χ0) is 15.0. The van der Waals surface area contributed by atoms with E-state index < -0.39 is 12.1 Å². The summed E-state index contributed by atoms with van der Waals surface area (Å²) in [5.74, 6) is -0.0979. The Morgan fingerprint density at radius 3 is 2.50 bits per heavy atom. The molecule has 0 aliphatic carbocycles. The normalized spacial score (nSPS) is 11.9. The number of esters is 1. The number of nitriles is 2. The predicted octanol–water partition coefficient (Wildman–Crippen LogP) is 2.45. The minimum atomic E-state index is -0.889. The molecule has 20 heavy (non-hydrogen) atoms. The third-order valence-electron chi connectivity index (χ3n) is 2.31. The van der Waals surface area contributed by atoms with Crippen LogP contribution in [0.2, 0.25) is 0 Å². The molecule has 0 saturated heterocycles. The van der Waals surface area contributed by atoms with Crippen molar-refractivity contribution in [1.29, 1.82) is 10.5 Å². The fraction of sp³-hybridized carbons (Fsp3) is 0.267. The number of carbonyl (C=O) groups is 1. The van der Waals surface area contributed by atoms with Gasteiger partial charge in [0.05, 0.1) is 6.61 Å². The van der Waals surface area contributed by atoms with Crippen molar-refractivity contribution in [3.05, 3.63) is 35.4 Å². The van der Waals surface area contributed by atoms with E-state index in [1.54, 1.807) is 36.4 Å². The number of ether oxygens (including phenoxy) is 2. The standard InChI is InChI=1S/C15H14N2O3/c1-3-19-14-6-4-12(5-7-14)8-13(10-17)15(18)20-11(2)9-16/h4-8,11H,3H2,1-2H3/b13-8+/t11-/m0/s1. The lowest BCUT2D eigenvalue weighted by molar-refractivity contribution is -0.140. The summed E-state index contributed by atoms with van der Waals surface area (Å²) in [7, 11) is 0. The van der Waals surface area contributed by atoms with Crippen LogP contribution < -0.4 is 4.74 Å². The second kappa shape index (κ2) is 7.60. The number of hydrogen-bond donors (Lipinski definition) is 0. The van der Waals surface area contributed by atoms with Crippen molar-refractivity contribution in [2.75, 3.05) is 6.61 Å². The summed E-state index contributed by atoms with van der Waals surface area (Å²) < 4.78 is 10.1. The zero-order valence-corrected chi connectivity index (χ0v) is 11.3. The van der Waals surface area contributed by atoms with Crippen LogP contribution >= 0.6 is 0 Å². The van der Waals surface area contributed by atoms with E-state index in [9.17, 15) is 4.79 Å². The summed E-state index contributed by atoms with van der Waals surface area (Å²) in [5, 5.41) is 17.5. The van der Waals surface area contributed by atoms with Crippen LogP contribution in [-0.2, 0) is 9.53 Å². The summed E-state index contributed by atoms with van der Waals surface area (Å²) in [6.07, 6.45) is 0.516. The van der Waals surface area contributed by atoms with Crippen LogP contribution in [-0.4, -0.2) is 18.7 Å². The van der Waals surface area contributed by atoms with E-state index in [4.69, 9.17) is 20.0 Å². The molecule has 1 rings (SSSR count). The molecule has 0 heterocycles. The molecule has 5 nitrogen and oxygen atoms in total. The SMILES string of the molecule is CCOc1ccc(/C=C(\C#N)C(=O)O[C@@H](C)C#N)cc1. The van der Waals surface area contributed by atoms with Crippen LogP contribution in [0.3, 0.4) is 0 Å². The molecule has 1 atom stereocenters. The molecule has 0 saturated carbocycles. The fourth-order valence-corrected chi connectivity index (χ4v) is 1.38. The van der Waals surface area contributed by atoms with Gasteiger partial charge in [0, 0.05) is 0 Å². The van der Waals surface area contributed by atoms with Gasteiger partial charge in [0.15, 0.2) is 6.10 Å². The van der Waals surface area contributed by atoms with Crippen molar-refractivity contribution >= 4 is 12.0 Å². The van der Waals surface area contributed by atoms with Crippen LogP contribution in [0, 0.1) is 22.7 Å². The first-order valence-corrected chi connectivity index (χ1v) is 6.06. The molecule has 0 aliphatic heterocycles. The number of rotatable bonds is 5. The first-order chi connectivity index (χ1) is 9.60. The highest BCUT2D eigenvalue weighted by atomic mass is 16.5. The monoisotopic (exact) mass is 270 g/mol. The molecule has 5 heteroatoms. The molecule has 1 aromatic rings. The maximum Gasteiger partial charge on any atom is 0.350 e. The second-order valence-corrected chi connectivity index (χ2v) is 3.85. The molecule has 0 bridgehead atoms. The molecular weight excluding hydrogens is 256 g/mol. The van der Waals surface area contributed by atoms with Crippen LogP contribution in [0.15, 0.2) is 29.8 Å². The Kier molecular flexibility index (Phi) is 5.80. The van der Waals surface area contributed by atoms with Crippen LogP contribution in [0.5, 0.6) is 5.75 Å². The van der Waals surface area contributed by atoms with Crippen molar-refractivity contribution < 1.29 is 14.3 Å². The quantitative estimate of drug-likeness (QED) is 0.466. The van der Waals surface area contributed by atoms with Crippen molar-refractivity contribution in [1.82, 2.24) is 0 Å². The van der Waals surface area contributed by atoms with Gasteiger partial charge in [0.1, 0.15) is 23.5 Å². The molecule has 0 N–H and O–H groups in total. The Bertz CT molecular complexity index is 577. The van der Waals surface area contributed by atoms with E-state index in [0.717, 1.165) is 0 Å². The molecule has 0 unspecified atom stereocenters. The highest BCUT2D eigenvalue weighted by Crippen LogP contribution is 2.15. The van der Waals surface area contributed by atoms with Crippen molar-refractivity contribution in [3.8, 4) is 17.9 Å². The van der Waals surface area contributed by atoms with Crippen LogP contribution in [0.1, 0.15) is 19.4 Å². The van der Waals surface area contributed by atoms with E-state index in [1.807, 2.05) is 6.92 Å². The zero-order valence-electron chi connectivity index (χ0n) is 11.3. The van der Waals surface area contributed by atoms with Crippen LogP contribution in [0.4, 0.5) is 0 Å². The van der Waals surface area contributed by atoms with Gasteiger partial charge in [-0.3, -0.25) is 0 Å². The molecule has 0 aliphatic rings. The van der Waals surface area contributed by atoms with E-state index in [0.29, 0.717) is 17.9 Å². The summed E-state index contributed by atoms with van der Waals surface area (Å²) in [5.41, 5.74) is 0.517. The average Bonchev–Trinajstić information content (AvgIpc) is 2.46. The lowest BCUT2D eigenvalue weighted by atomic mass is 10.1. The Hall–Kier alpha value is -2.79. The molecule has 0 spiro atoms. The highest BCUT2D eigenvalue weighted by Gasteiger charge is 2.14. The lowest BCUT2D eigenvalue weighted by Crippen LogP contribution is -2.14. The Balaban J connectivity index is 2.87. The third kappa shape index (κ3) is 4.47. The fourth-order valence-electron chi connectivity index (χ4n) is 1.38. The lowest BCUT2D eigenvalue weighted by Gasteiger charge is -2.05. The van der Waals surface area contributed by atoms with Crippen molar-refractivity contribution in [2.24, 2.45) is 0 Å². The van der Waals surface area contributed by atoms with Gasteiger partial charge in [-0.25, -0.2) is 4.79 Å². The Labute approximate surface area is 117 Å². The number of carbonyl (C=O) groups excluding carboxylic acids is 1. The molecule has 1 aromatic carbocycles. The number of hydrogen-bond acceptors (Lipinski definition) is 5. The summed E-state index contributed by atoms with van der Waals surface area (Å²) in [4.78, 5) is 11.6. The topological polar surface area (TPSA) is 83.1 Å². The Morgan fingerprint density at radius 1 is 1.35 bits per heavy atom. The van der Waals surface area contributed by atoms with Gasteiger partial charge in [-0.2, -0.15) is 10.5 Å².